The summed E-state index contributed by atoms with van der Waals surface area (Å²) < 4.78 is 6.43. The van der Waals surface area contributed by atoms with E-state index >= 15 is 0 Å². The Balaban J connectivity index is 2.41. The van der Waals surface area contributed by atoms with E-state index in [0.717, 1.165) is 5.56 Å². The van der Waals surface area contributed by atoms with Crippen molar-refractivity contribution in [2.45, 2.75) is 6.54 Å². The van der Waals surface area contributed by atoms with E-state index in [1.54, 1.807) is 18.2 Å². The lowest BCUT2D eigenvalue weighted by Crippen LogP contribution is -2.21. The van der Waals surface area contributed by atoms with Gasteiger partial charge < -0.3 is 9.30 Å². The summed E-state index contributed by atoms with van der Waals surface area (Å²) >= 11 is 9.05. The van der Waals surface area contributed by atoms with Crippen molar-refractivity contribution in [3.63, 3.8) is 0 Å². The Morgan fingerprint density at radius 1 is 1.43 bits per heavy atom. The number of pyridine rings is 1. The maximum atomic E-state index is 12.0. The zero-order valence-electron chi connectivity index (χ0n) is 10.9. The Hall–Kier alpha value is -1.86. The fourth-order valence-corrected chi connectivity index (χ4v) is 2.55. The van der Waals surface area contributed by atoms with Crippen molar-refractivity contribution in [2.24, 2.45) is 0 Å². The molecule has 110 valence electrons. The average Bonchev–Trinajstić information content (AvgIpc) is 2.43. The maximum Gasteiger partial charge on any atom is 0.286 e. The smallest absolute Gasteiger partial charge is 0.286 e. The number of hydrogen-bond donors (Lipinski definition) is 0. The topological polar surface area (TPSA) is 74.4 Å². The van der Waals surface area contributed by atoms with E-state index in [2.05, 4.69) is 15.9 Å². The molecule has 0 atom stereocenters. The third-order valence-corrected chi connectivity index (χ3v) is 3.67. The van der Waals surface area contributed by atoms with Crippen LogP contribution in [0.4, 0.5) is 5.69 Å². The van der Waals surface area contributed by atoms with E-state index < -0.39 is 4.92 Å². The monoisotopic (exact) mass is 372 g/mol. The van der Waals surface area contributed by atoms with E-state index in [9.17, 15) is 14.9 Å². The number of rotatable bonds is 4. The summed E-state index contributed by atoms with van der Waals surface area (Å²) in [6, 6.07) is 6.25. The molecule has 0 fully saturated rings. The number of nitrogens with zero attached hydrogens (tertiary/aromatic N) is 2. The molecule has 0 N–H and O–H groups in total. The average molecular weight is 374 g/mol. The molecule has 8 heteroatoms. The van der Waals surface area contributed by atoms with Gasteiger partial charge in [0.1, 0.15) is 5.75 Å². The molecule has 0 aliphatic carbocycles. The van der Waals surface area contributed by atoms with Gasteiger partial charge in [-0.05, 0) is 33.6 Å². The summed E-state index contributed by atoms with van der Waals surface area (Å²) in [5.41, 5.74) is 0.212. The van der Waals surface area contributed by atoms with Gasteiger partial charge in [0.05, 0.1) is 34.3 Å². The van der Waals surface area contributed by atoms with Crippen molar-refractivity contribution in [3.05, 3.63) is 66.0 Å². The van der Waals surface area contributed by atoms with Crippen LogP contribution in [0.5, 0.6) is 5.75 Å². The van der Waals surface area contributed by atoms with E-state index in [1.165, 1.54) is 23.9 Å². The van der Waals surface area contributed by atoms with Gasteiger partial charge in [0.25, 0.3) is 11.2 Å². The van der Waals surface area contributed by atoms with Gasteiger partial charge in [-0.15, -0.1) is 0 Å². The molecule has 0 aliphatic rings. The Labute approximate surface area is 133 Å². The number of aromatic nitrogens is 1. The highest BCUT2D eigenvalue weighted by Crippen LogP contribution is 2.25. The lowest BCUT2D eigenvalue weighted by atomic mass is 10.2. The second kappa shape index (κ2) is 6.28. The second-order valence-electron chi connectivity index (χ2n) is 4.21. The van der Waals surface area contributed by atoms with Gasteiger partial charge in [0, 0.05) is 6.07 Å². The lowest BCUT2D eigenvalue weighted by molar-refractivity contribution is -0.385. The van der Waals surface area contributed by atoms with Gasteiger partial charge in [-0.2, -0.15) is 0 Å². The van der Waals surface area contributed by atoms with Crippen molar-refractivity contribution in [2.75, 3.05) is 7.11 Å². The molecule has 2 rings (SSSR count). The quantitative estimate of drug-likeness (QED) is 0.609. The molecule has 0 radical (unpaired) electrons. The Bertz CT molecular complexity index is 760. The van der Waals surface area contributed by atoms with Crippen molar-refractivity contribution >= 4 is 33.2 Å². The fourth-order valence-electron chi connectivity index (χ4n) is 1.81. The van der Waals surface area contributed by atoms with Crippen LogP contribution < -0.4 is 10.3 Å². The van der Waals surface area contributed by atoms with Gasteiger partial charge >= 0.3 is 0 Å². The van der Waals surface area contributed by atoms with Gasteiger partial charge in [-0.1, -0.05) is 17.7 Å². The maximum absolute atomic E-state index is 12.0. The number of ether oxygens (including phenoxy) is 1. The summed E-state index contributed by atoms with van der Waals surface area (Å²) in [6.45, 7) is 0.169. The molecule has 21 heavy (non-hydrogen) atoms. The predicted octanol–water partition coefficient (Wildman–Crippen LogP) is 3.23. The van der Waals surface area contributed by atoms with Gasteiger partial charge in [-0.25, -0.2) is 0 Å². The van der Waals surface area contributed by atoms with E-state index in [0.29, 0.717) is 10.8 Å². The fraction of sp³-hybridized carbons (Fsp3) is 0.154. The molecular weight excluding hydrogens is 364 g/mol. The number of nitro groups is 1. The van der Waals surface area contributed by atoms with Gasteiger partial charge in [-0.3, -0.25) is 14.9 Å². The molecule has 0 spiro atoms. The SMILES string of the molecule is COc1ccc(Cn2cc([N+](=O)[O-])cc(Br)c2=O)cc1Cl. The van der Waals surface area contributed by atoms with Crippen molar-refractivity contribution < 1.29 is 9.66 Å². The molecule has 0 saturated heterocycles. The highest BCUT2D eigenvalue weighted by molar-refractivity contribution is 9.10. The largest absolute Gasteiger partial charge is 0.495 e. The molecule has 0 saturated carbocycles. The van der Waals surface area contributed by atoms with Gasteiger partial charge in [0.2, 0.25) is 0 Å². The molecule has 0 aliphatic heterocycles. The predicted molar refractivity (Wildman–Crippen MR) is 82.2 cm³/mol. The van der Waals surface area contributed by atoms with Crippen molar-refractivity contribution in [1.82, 2.24) is 4.57 Å². The number of halogens is 2. The van der Waals surface area contributed by atoms with E-state index in [-0.39, 0.29) is 22.3 Å². The first kappa shape index (κ1) is 15.5. The van der Waals surface area contributed by atoms with E-state index in [4.69, 9.17) is 16.3 Å². The molecular formula is C13H10BrClN2O4. The van der Waals surface area contributed by atoms with Crippen LogP contribution in [-0.2, 0) is 6.54 Å². The molecule has 1 heterocycles. The van der Waals surface area contributed by atoms with Crippen LogP contribution in [0.1, 0.15) is 5.56 Å². The van der Waals surface area contributed by atoms with Crippen LogP contribution in [-0.4, -0.2) is 16.6 Å². The number of benzene rings is 1. The first-order chi connectivity index (χ1) is 9.92. The zero-order chi connectivity index (χ0) is 15.6. The third kappa shape index (κ3) is 3.43. The van der Waals surface area contributed by atoms with Gasteiger partial charge in [0.15, 0.2) is 0 Å². The van der Waals surface area contributed by atoms with Crippen LogP contribution >= 0.6 is 27.5 Å². The summed E-state index contributed by atoms with van der Waals surface area (Å²) in [5, 5.41) is 11.2. The summed E-state index contributed by atoms with van der Waals surface area (Å²) in [4.78, 5) is 22.3. The molecule has 6 nitrogen and oxygen atoms in total. The summed E-state index contributed by atoms with van der Waals surface area (Å²) in [7, 11) is 1.50. The van der Waals surface area contributed by atoms with Crippen LogP contribution in [0.2, 0.25) is 5.02 Å². The minimum atomic E-state index is -0.554. The minimum absolute atomic E-state index is 0.135. The van der Waals surface area contributed by atoms with Crippen LogP contribution in [0.25, 0.3) is 0 Å². The normalized spacial score (nSPS) is 10.4. The molecule has 0 unspecified atom stereocenters. The van der Waals surface area contributed by atoms with E-state index in [1.807, 2.05) is 0 Å². The van der Waals surface area contributed by atoms with Crippen molar-refractivity contribution in [1.29, 1.82) is 0 Å². The second-order valence-corrected chi connectivity index (χ2v) is 5.47. The highest BCUT2D eigenvalue weighted by Gasteiger charge is 2.13. The summed E-state index contributed by atoms with van der Waals surface area (Å²) in [5.74, 6) is 0.521. The molecule has 0 bridgehead atoms. The standard InChI is InChI=1S/C13H10BrClN2O4/c1-21-12-3-2-8(4-11(12)15)6-16-7-9(17(19)20)5-10(14)13(16)18/h2-5,7H,6H2,1H3. The summed E-state index contributed by atoms with van der Waals surface area (Å²) in [6.07, 6.45) is 1.20. The third-order valence-electron chi connectivity index (χ3n) is 2.81. The number of hydrogen-bond acceptors (Lipinski definition) is 4. The first-order valence-electron chi connectivity index (χ1n) is 5.79. The van der Waals surface area contributed by atoms with Crippen LogP contribution in [0.3, 0.4) is 0 Å². The zero-order valence-corrected chi connectivity index (χ0v) is 13.2. The lowest BCUT2D eigenvalue weighted by Gasteiger charge is -2.09. The van der Waals surface area contributed by atoms with Crippen LogP contribution in [0.15, 0.2) is 39.7 Å². The Kier molecular flexibility index (Phi) is 4.64. The molecule has 0 amide bonds. The molecule has 1 aromatic heterocycles. The number of methoxy groups -OCH3 is 1. The minimum Gasteiger partial charge on any atom is -0.495 e. The van der Waals surface area contributed by atoms with Crippen molar-refractivity contribution in [3.8, 4) is 5.75 Å². The Morgan fingerprint density at radius 2 is 2.14 bits per heavy atom. The molecule has 2 aromatic rings. The Morgan fingerprint density at radius 3 is 2.71 bits per heavy atom. The first-order valence-corrected chi connectivity index (χ1v) is 6.96. The van der Waals surface area contributed by atoms with Crippen LogP contribution in [0, 0.1) is 10.1 Å². The molecule has 1 aromatic carbocycles. The highest BCUT2D eigenvalue weighted by atomic mass is 79.9.